The van der Waals surface area contributed by atoms with E-state index in [0.717, 1.165) is 37.1 Å². The average Bonchev–Trinajstić information content (AvgIpc) is 2.85. The number of carbonyl (C=O) groups excluding carboxylic acids is 2. The summed E-state index contributed by atoms with van der Waals surface area (Å²) in [7, 11) is 0. The Bertz CT molecular complexity index is 553. The van der Waals surface area contributed by atoms with E-state index in [1.165, 1.54) is 6.42 Å². The second-order valence-corrected chi connectivity index (χ2v) is 5.65. The van der Waals surface area contributed by atoms with Crippen molar-refractivity contribution in [3.05, 3.63) is 29.3 Å². The van der Waals surface area contributed by atoms with Crippen molar-refractivity contribution in [1.29, 1.82) is 0 Å². The first-order valence-electron chi connectivity index (χ1n) is 7.43. The van der Waals surface area contributed by atoms with Crippen LogP contribution in [0.1, 0.15) is 48.5 Å². The molecule has 1 N–H and O–H groups in total. The van der Waals surface area contributed by atoms with Gasteiger partial charge in [-0.05, 0) is 43.4 Å². The lowest BCUT2D eigenvalue weighted by Gasteiger charge is -2.35. The summed E-state index contributed by atoms with van der Waals surface area (Å²) in [6.07, 6.45) is 4.83. The van der Waals surface area contributed by atoms with Gasteiger partial charge in [-0.3, -0.25) is 9.59 Å². The van der Waals surface area contributed by atoms with Crippen molar-refractivity contribution >= 4 is 17.5 Å². The van der Waals surface area contributed by atoms with Crippen LogP contribution >= 0.6 is 0 Å². The largest absolute Gasteiger partial charge is 0.336 e. The fraction of sp³-hybridized carbons (Fsp3) is 0.500. The molecule has 1 fully saturated rings. The van der Waals surface area contributed by atoms with Gasteiger partial charge in [0.25, 0.3) is 5.91 Å². The van der Waals surface area contributed by atoms with Crippen LogP contribution in [0.3, 0.4) is 0 Å². The molecule has 2 aliphatic heterocycles. The molecule has 2 aliphatic rings. The molecule has 1 aromatic rings. The van der Waals surface area contributed by atoms with E-state index >= 15 is 0 Å². The van der Waals surface area contributed by atoms with Crippen LogP contribution in [0.5, 0.6) is 0 Å². The number of likely N-dealkylation sites (tertiary alicyclic amines) is 1. The zero-order valence-electron chi connectivity index (χ0n) is 11.8. The molecule has 3 rings (SSSR count). The fourth-order valence-corrected chi connectivity index (χ4v) is 3.21. The lowest BCUT2D eigenvalue weighted by molar-refractivity contribution is -0.115. The van der Waals surface area contributed by atoms with E-state index in [0.29, 0.717) is 18.0 Å². The van der Waals surface area contributed by atoms with Crippen molar-refractivity contribution in [2.45, 2.75) is 45.1 Å². The van der Waals surface area contributed by atoms with Crippen molar-refractivity contribution in [3.8, 4) is 0 Å². The molecule has 106 valence electrons. The number of rotatable bonds is 2. The zero-order chi connectivity index (χ0) is 14.1. The normalized spacial score (nSPS) is 21.6. The first kappa shape index (κ1) is 13.2. The van der Waals surface area contributed by atoms with E-state index in [1.54, 1.807) is 0 Å². The summed E-state index contributed by atoms with van der Waals surface area (Å²) in [5.41, 5.74) is 2.47. The molecule has 4 heteroatoms. The molecule has 0 spiro atoms. The quantitative estimate of drug-likeness (QED) is 0.899. The number of piperidine rings is 1. The van der Waals surface area contributed by atoms with Crippen molar-refractivity contribution in [3.63, 3.8) is 0 Å². The number of anilines is 1. The van der Waals surface area contributed by atoms with Gasteiger partial charge < -0.3 is 10.2 Å². The van der Waals surface area contributed by atoms with Gasteiger partial charge in [-0.1, -0.05) is 13.0 Å². The minimum atomic E-state index is 0.00834. The SMILES string of the molecule is CCC1CCCCN1C(=O)c1ccc2c(c1)NC(=O)C2. The number of nitrogens with one attached hydrogen (secondary N) is 1. The Morgan fingerprint density at radius 1 is 1.40 bits per heavy atom. The number of hydrogen-bond acceptors (Lipinski definition) is 2. The van der Waals surface area contributed by atoms with E-state index in [2.05, 4.69) is 12.2 Å². The van der Waals surface area contributed by atoms with E-state index in [1.807, 2.05) is 23.1 Å². The zero-order valence-corrected chi connectivity index (χ0v) is 11.8. The van der Waals surface area contributed by atoms with E-state index < -0.39 is 0 Å². The summed E-state index contributed by atoms with van der Waals surface area (Å²) < 4.78 is 0. The predicted octanol–water partition coefficient (Wildman–Crippen LogP) is 2.59. The number of carbonyl (C=O) groups is 2. The van der Waals surface area contributed by atoms with Crippen LogP contribution in [0.4, 0.5) is 5.69 Å². The molecule has 0 aromatic heterocycles. The summed E-state index contributed by atoms with van der Waals surface area (Å²) in [5.74, 6) is 0.106. The molecule has 1 unspecified atom stereocenters. The molecule has 0 bridgehead atoms. The van der Waals surface area contributed by atoms with Gasteiger partial charge in [0.05, 0.1) is 6.42 Å². The van der Waals surface area contributed by atoms with E-state index in [-0.39, 0.29) is 11.8 Å². The second kappa shape index (κ2) is 5.27. The van der Waals surface area contributed by atoms with Crippen LogP contribution in [-0.2, 0) is 11.2 Å². The Balaban J connectivity index is 1.83. The summed E-state index contributed by atoms with van der Waals surface area (Å²) in [6.45, 7) is 2.99. The maximum absolute atomic E-state index is 12.7. The third-order valence-corrected chi connectivity index (χ3v) is 4.34. The molecule has 1 aromatic carbocycles. The highest BCUT2D eigenvalue weighted by Gasteiger charge is 2.27. The Morgan fingerprint density at radius 2 is 2.25 bits per heavy atom. The van der Waals surface area contributed by atoms with Crippen molar-refractivity contribution in [1.82, 2.24) is 4.90 Å². The van der Waals surface area contributed by atoms with Crippen molar-refractivity contribution < 1.29 is 9.59 Å². The number of amides is 2. The molecule has 0 saturated carbocycles. The fourth-order valence-electron chi connectivity index (χ4n) is 3.21. The lowest BCUT2D eigenvalue weighted by Crippen LogP contribution is -2.43. The van der Waals surface area contributed by atoms with Crippen LogP contribution in [0.15, 0.2) is 18.2 Å². The Kier molecular flexibility index (Phi) is 3.47. The highest BCUT2D eigenvalue weighted by Crippen LogP contribution is 2.27. The Hall–Kier alpha value is -1.84. The Morgan fingerprint density at radius 3 is 3.05 bits per heavy atom. The van der Waals surface area contributed by atoms with Crippen LogP contribution in [0.25, 0.3) is 0 Å². The molecule has 2 heterocycles. The lowest BCUT2D eigenvalue weighted by atomic mass is 9.98. The van der Waals surface area contributed by atoms with Gasteiger partial charge >= 0.3 is 0 Å². The number of hydrogen-bond donors (Lipinski definition) is 1. The van der Waals surface area contributed by atoms with Gasteiger partial charge in [0, 0.05) is 23.8 Å². The van der Waals surface area contributed by atoms with Crippen molar-refractivity contribution in [2.75, 3.05) is 11.9 Å². The first-order valence-corrected chi connectivity index (χ1v) is 7.43. The molecular formula is C16H20N2O2. The first-order chi connectivity index (χ1) is 9.69. The van der Waals surface area contributed by atoms with Crippen LogP contribution in [0.2, 0.25) is 0 Å². The van der Waals surface area contributed by atoms with Gasteiger partial charge in [0.2, 0.25) is 5.91 Å². The summed E-state index contributed by atoms with van der Waals surface area (Å²) in [4.78, 5) is 26.0. The minimum Gasteiger partial charge on any atom is -0.336 e. The van der Waals surface area contributed by atoms with Gasteiger partial charge in [-0.2, -0.15) is 0 Å². The van der Waals surface area contributed by atoms with Crippen LogP contribution in [-0.4, -0.2) is 29.3 Å². The van der Waals surface area contributed by atoms with Gasteiger partial charge in [0.15, 0.2) is 0 Å². The summed E-state index contributed by atoms with van der Waals surface area (Å²) in [5, 5.41) is 2.81. The highest BCUT2D eigenvalue weighted by molar-refractivity contribution is 6.02. The monoisotopic (exact) mass is 272 g/mol. The molecule has 2 amide bonds. The molecular weight excluding hydrogens is 252 g/mol. The number of nitrogens with zero attached hydrogens (tertiary/aromatic N) is 1. The molecule has 1 atom stereocenters. The third kappa shape index (κ3) is 2.30. The van der Waals surface area contributed by atoms with Crippen LogP contribution in [0, 0.1) is 0 Å². The number of benzene rings is 1. The van der Waals surface area contributed by atoms with Gasteiger partial charge in [0.1, 0.15) is 0 Å². The number of fused-ring (bicyclic) bond motifs is 1. The molecule has 20 heavy (non-hydrogen) atoms. The maximum Gasteiger partial charge on any atom is 0.254 e. The van der Waals surface area contributed by atoms with Crippen LogP contribution < -0.4 is 5.32 Å². The predicted molar refractivity (Wildman–Crippen MR) is 77.7 cm³/mol. The Labute approximate surface area is 119 Å². The second-order valence-electron chi connectivity index (χ2n) is 5.65. The van der Waals surface area contributed by atoms with Gasteiger partial charge in [-0.15, -0.1) is 0 Å². The van der Waals surface area contributed by atoms with E-state index in [4.69, 9.17) is 0 Å². The molecule has 0 aliphatic carbocycles. The average molecular weight is 272 g/mol. The topological polar surface area (TPSA) is 49.4 Å². The third-order valence-electron chi connectivity index (χ3n) is 4.34. The maximum atomic E-state index is 12.7. The standard InChI is InChI=1S/C16H20N2O2/c1-2-13-5-3-4-8-18(13)16(20)12-7-6-11-10-15(19)17-14(11)9-12/h6-7,9,13H,2-5,8,10H2,1H3,(H,17,19). The molecule has 0 radical (unpaired) electrons. The summed E-state index contributed by atoms with van der Waals surface area (Å²) in [6, 6.07) is 5.93. The van der Waals surface area contributed by atoms with Crippen molar-refractivity contribution in [2.24, 2.45) is 0 Å². The molecule has 1 saturated heterocycles. The van der Waals surface area contributed by atoms with Gasteiger partial charge in [-0.25, -0.2) is 0 Å². The smallest absolute Gasteiger partial charge is 0.254 e. The minimum absolute atomic E-state index is 0.00834. The molecule has 4 nitrogen and oxygen atoms in total. The van der Waals surface area contributed by atoms with E-state index in [9.17, 15) is 9.59 Å². The highest BCUT2D eigenvalue weighted by atomic mass is 16.2. The summed E-state index contributed by atoms with van der Waals surface area (Å²) >= 11 is 0.